The van der Waals surface area contributed by atoms with Crippen molar-refractivity contribution in [3.8, 4) is 10.6 Å². The van der Waals surface area contributed by atoms with Crippen LogP contribution in [0.4, 0.5) is 0 Å². The molecule has 2 aromatic heterocycles. The Kier molecular flexibility index (Phi) is 3.16. The lowest BCUT2D eigenvalue weighted by Gasteiger charge is -2.19. The summed E-state index contributed by atoms with van der Waals surface area (Å²) in [4.78, 5) is 9.03. The minimum Gasteiger partial charge on any atom is -0.337 e. The van der Waals surface area contributed by atoms with Crippen molar-refractivity contribution in [1.82, 2.24) is 9.97 Å². The highest BCUT2D eigenvalue weighted by molar-refractivity contribution is 7.71. The second-order valence-electron chi connectivity index (χ2n) is 4.69. The van der Waals surface area contributed by atoms with E-state index in [2.05, 4.69) is 22.1 Å². The highest BCUT2D eigenvalue weighted by Crippen LogP contribution is 2.38. The minimum absolute atomic E-state index is 0.701. The molecule has 0 saturated heterocycles. The molecule has 0 spiro atoms. The number of imidazole rings is 1. The predicted molar refractivity (Wildman–Crippen MR) is 75.1 cm³/mol. The lowest BCUT2D eigenvalue weighted by Crippen LogP contribution is -2.01. The number of H-pyrrole nitrogens is 2. The van der Waals surface area contributed by atoms with Crippen LogP contribution in [0.3, 0.4) is 0 Å². The minimum atomic E-state index is 0.701. The Morgan fingerprint density at radius 2 is 2.00 bits per heavy atom. The molecule has 0 atom stereocenters. The zero-order chi connectivity index (χ0) is 11.7. The predicted octanol–water partition coefficient (Wildman–Crippen LogP) is 4.85. The van der Waals surface area contributed by atoms with Crippen molar-refractivity contribution in [3.05, 3.63) is 28.0 Å². The molecule has 0 aromatic carbocycles. The number of hydrogen-bond acceptors (Lipinski definition) is 2. The summed E-state index contributed by atoms with van der Waals surface area (Å²) in [6.45, 7) is 0. The third-order valence-corrected chi connectivity index (χ3v) is 5.00. The summed E-state index contributed by atoms with van der Waals surface area (Å²) in [6, 6.07) is 4.50. The first-order valence-corrected chi connectivity index (χ1v) is 7.43. The van der Waals surface area contributed by atoms with Crippen molar-refractivity contribution in [2.45, 2.75) is 38.0 Å². The van der Waals surface area contributed by atoms with Crippen LogP contribution in [0.2, 0.25) is 0 Å². The first-order chi connectivity index (χ1) is 8.33. The Labute approximate surface area is 110 Å². The van der Waals surface area contributed by atoms with Crippen LogP contribution < -0.4 is 0 Å². The lowest BCUT2D eigenvalue weighted by molar-refractivity contribution is 0.448. The van der Waals surface area contributed by atoms with Gasteiger partial charge in [0.05, 0.1) is 10.6 Å². The molecule has 2 N–H and O–H groups in total. The van der Waals surface area contributed by atoms with E-state index in [1.54, 1.807) is 4.88 Å². The van der Waals surface area contributed by atoms with E-state index in [1.165, 1.54) is 37.0 Å². The normalized spacial score (nSPS) is 17.4. The van der Waals surface area contributed by atoms with E-state index in [4.69, 9.17) is 12.2 Å². The van der Waals surface area contributed by atoms with E-state index in [0.717, 1.165) is 11.6 Å². The molecular weight excluding hydrogens is 248 g/mol. The molecule has 0 radical (unpaired) electrons. The van der Waals surface area contributed by atoms with E-state index >= 15 is 0 Å². The van der Waals surface area contributed by atoms with Crippen LogP contribution in [0.25, 0.3) is 10.6 Å². The quantitative estimate of drug-likeness (QED) is 0.747. The van der Waals surface area contributed by atoms with Gasteiger partial charge in [-0.1, -0.05) is 19.3 Å². The Bertz CT molecular complexity index is 544. The van der Waals surface area contributed by atoms with Gasteiger partial charge in [0.2, 0.25) is 0 Å². The fourth-order valence-electron chi connectivity index (χ4n) is 2.57. The lowest BCUT2D eigenvalue weighted by atomic mass is 9.88. The molecular formula is C13H16N2S2. The number of thiophene rings is 1. The van der Waals surface area contributed by atoms with Gasteiger partial charge in [0.15, 0.2) is 4.77 Å². The van der Waals surface area contributed by atoms with Gasteiger partial charge in [0.25, 0.3) is 0 Å². The average Bonchev–Trinajstić information content (AvgIpc) is 2.98. The van der Waals surface area contributed by atoms with Gasteiger partial charge < -0.3 is 9.97 Å². The molecule has 1 aliphatic carbocycles. The summed E-state index contributed by atoms with van der Waals surface area (Å²) in [5, 5.41) is 0. The first-order valence-electron chi connectivity index (χ1n) is 6.21. The second-order valence-corrected chi connectivity index (χ2v) is 6.22. The Morgan fingerprint density at radius 3 is 2.71 bits per heavy atom. The van der Waals surface area contributed by atoms with Gasteiger partial charge in [0.1, 0.15) is 0 Å². The highest BCUT2D eigenvalue weighted by atomic mass is 32.1. The number of rotatable bonds is 2. The third-order valence-electron chi connectivity index (χ3n) is 3.50. The number of aromatic nitrogens is 2. The summed E-state index contributed by atoms with van der Waals surface area (Å²) in [7, 11) is 0. The van der Waals surface area contributed by atoms with Crippen LogP contribution in [-0.2, 0) is 0 Å². The molecule has 1 aliphatic rings. The molecule has 0 unspecified atom stereocenters. The van der Waals surface area contributed by atoms with Crippen molar-refractivity contribution in [2.24, 2.45) is 0 Å². The molecule has 0 bridgehead atoms. The van der Waals surface area contributed by atoms with Gasteiger partial charge in [-0.25, -0.2) is 0 Å². The molecule has 4 heteroatoms. The first kappa shape index (κ1) is 11.2. The van der Waals surface area contributed by atoms with Crippen molar-refractivity contribution >= 4 is 23.6 Å². The molecule has 2 aromatic rings. The van der Waals surface area contributed by atoms with E-state index in [9.17, 15) is 0 Å². The molecule has 1 saturated carbocycles. The van der Waals surface area contributed by atoms with Crippen molar-refractivity contribution in [1.29, 1.82) is 0 Å². The van der Waals surface area contributed by atoms with Crippen molar-refractivity contribution in [2.75, 3.05) is 0 Å². The average molecular weight is 264 g/mol. The molecule has 0 aliphatic heterocycles. The molecule has 0 amide bonds. The summed E-state index contributed by atoms with van der Waals surface area (Å²) < 4.78 is 0.701. The van der Waals surface area contributed by atoms with Gasteiger partial charge in [-0.15, -0.1) is 11.3 Å². The maximum Gasteiger partial charge on any atom is 0.174 e. The van der Waals surface area contributed by atoms with Gasteiger partial charge in [-0.2, -0.15) is 0 Å². The zero-order valence-corrected chi connectivity index (χ0v) is 11.3. The topological polar surface area (TPSA) is 31.6 Å². The van der Waals surface area contributed by atoms with E-state index < -0.39 is 0 Å². The molecule has 1 fully saturated rings. The number of aromatic amines is 2. The molecule has 2 nitrogen and oxygen atoms in total. The maximum atomic E-state index is 5.06. The summed E-state index contributed by atoms with van der Waals surface area (Å²) >= 11 is 6.97. The van der Waals surface area contributed by atoms with Crippen LogP contribution in [0.1, 0.15) is 42.9 Å². The maximum absolute atomic E-state index is 5.06. The highest BCUT2D eigenvalue weighted by Gasteiger charge is 2.17. The van der Waals surface area contributed by atoms with Gasteiger partial charge in [-0.05, 0) is 43.1 Å². The van der Waals surface area contributed by atoms with E-state index in [-0.39, 0.29) is 0 Å². The number of nitrogens with one attached hydrogen (secondary N) is 2. The Balaban J connectivity index is 1.84. The smallest absolute Gasteiger partial charge is 0.174 e. The Morgan fingerprint density at radius 1 is 1.18 bits per heavy atom. The molecule has 3 rings (SSSR count). The van der Waals surface area contributed by atoms with Gasteiger partial charge >= 0.3 is 0 Å². The fraction of sp³-hybridized carbons (Fsp3) is 0.462. The second kappa shape index (κ2) is 4.78. The fourth-order valence-corrected chi connectivity index (χ4v) is 3.89. The van der Waals surface area contributed by atoms with E-state index in [0.29, 0.717) is 4.77 Å². The SMILES string of the molecule is S=c1[nH]cc(-c2ccc(C3CCCCC3)s2)[nH]1. The van der Waals surface area contributed by atoms with Crippen molar-refractivity contribution < 1.29 is 0 Å². The summed E-state index contributed by atoms with van der Waals surface area (Å²) in [6.07, 6.45) is 8.89. The summed E-state index contributed by atoms with van der Waals surface area (Å²) in [5.74, 6) is 0.796. The monoisotopic (exact) mass is 264 g/mol. The van der Waals surface area contributed by atoms with Crippen LogP contribution in [0, 0.1) is 4.77 Å². The van der Waals surface area contributed by atoms with Crippen LogP contribution in [0.5, 0.6) is 0 Å². The Hall–Kier alpha value is -0.870. The molecule has 90 valence electrons. The van der Waals surface area contributed by atoms with Crippen LogP contribution in [0.15, 0.2) is 18.3 Å². The van der Waals surface area contributed by atoms with Crippen LogP contribution >= 0.6 is 23.6 Å². The molecule has 17 heavy (non-hydrogen) atoms. The van der Waals surface area contributed by atoms with Crippen LogP contribution in [-0.4, -0.2) is 9.97 Å². The van der Waals surface area contributed by atoms with Gasteiger partial charge in [0, 0.05) is 11.1 Å². The van der Waals surface area contributed by atoms with Gasteiger partial charge in [-0.3, -0.25) is 0 Å². The molecule has 2 heterocycles. The van der Waals surface area contributed by atoms with Crippen molar-refractivity contribution in [3.63, 3.8) is 0 Å². The number of hydrogen-bond donors (Lipinski definition) is 2. The standard InChI is InChI=1S/C13H16N2S2/c16-13-14-8-10(15-13)12-7-6-11(17-12)9-4-2-1-3-5-9/h6-9H,1-5H2,(H2,14,15,16). The largest absolute Gasteiger partial charge is 0.337 e. The zero-order valence-electron chi connectivity index (χ0n) is 9.66. The summed E-state index contributed by atoms with van der Waals surface area (Å²) in [5.41, 5.74) is 1.11. The third kappa shape index (κ3) is 2.38. The van der Waals surface area contributed by atoms with E-state index in [1.807, 2.05) is 17.5 Å².